The van der Waals surface area contributed by atoms with E-state index in [1.54, 1.807) is 12.1 Å². The zero-order chi connectivity index (χ0) is 12.5. The molecule has 1 fully saturated rings. The van der Waals surface area contributed by atoms with E-state index in [1.165, 1.54) is 12.1 Å². The Balaban J connectivity index is 2.38. The van der Waals surface area contributed by atoms with Gasteiger partial charge in [0.25, 0.3) is 5.69 Å². The van der Waals surface area contributed by atoms with E-state index in [4.69, 9.17) is 0 Å². The first-order valence-corrected chi connectivity index (χ1v) is 5.54. The van der Waals surface area contributed by atoms with Crippen LogP contribution in [0.2, 0.25) is 0 Å². The Morgan fingerprint density at radius 3 is 2.18 bits per heavy atom. The second-order valence-corrected chi connectivity index (χ2v) is 4.40. The molecule has 0 radical (unpaired) electrons. The van der Waals surface area contributed by atoms with Gasteiger partial charge >= 0.3 is 5.97 Å². The molecule has 17 heavy (non-hydrogen) atoms. The maximum absolute atomic E-state index is 11.4. The van der Waals surface area contributed by atoms with Gasteiger partial charge in [-0.25, -0.2) is 0 Å². The van der Waals surface area contributed by atoms with E-state index in [0.717, 1.165) is 12.8 Å². The number of carboxylic acid groups (broad SMARTS) is 1. The highest BCUT2D eigenvalue weighted by Crippen LogP contribution is 2.41. The smallest absolute Gasteiger partial charge is 0.314 e. The van der Waals surface area contributed by atoms with Gasteiger partial charge in [0.05, 0.1) is 10.3 Å². The Morgan fingerprint density at radius 2 is 1.76 bits per heavy atom. The van der Waals surface area contributed by atoms with Crippen LogP contribution in [0.1, 0.15) is 31.2 Å². The van der Waals surface area contributed by atoms with Crippen LogP contribution in [0.5, 0.6) is 0 Å². The number of rotatable bonds is 3. The summed E-state index contributed by atoms with van der Waals surface area (Å²) in [5, 5.41) is 19.9. The molecule has 0 atom stereocenters. The van der Waals surface area contributed by atoms with E-state index in [0.29, 0.717) is 18.4 Å². The molecule has 0 saturated heterocycles. The lowest BCUT2D eigenvalue weighted by Gasteiger charge is -2.24. The molecule has 1 saturated carbocycles. The second kappa shape index (κ2) is 4.16. The third-order valence-corrected chi connectivity index (χ3v) is 3.50. The molecule has 1 N–H and O–H groups in total. The molecular formula is C12H13NO4. The summed E-state index contributed by atoms with van der Waals surface area (Å²) in [6.07, 6.45) is 3.01. The summed E-state index contributed by atoms with van der Waals surface area (Å²) in [5.74, 6) is -0.830. The van der Waals surface area contributed by atoms with Crippen LogP contribution in [-0.4, -0.2) is 16.0 Å². The van der Waals surface area contributed by atoms with E-state index in [9.17, 15) is 20.0 Å². The molecule has 0 unspecified atom stereocenters. The molecule has 0 aliphatic heterocycles. The maximum Gasteiger partial charge on any atom is 0.314 e. The lowest BCUT2D eigenvalue weighted by atomic mass is 9.79. The normalized spacial score (nSPS) is 17.9. The largest absolute Gasteiger partial charge is 0.481 e. The zero-order valence-electron chi connectivity index (χ0n) is 9.26. The summed E-state index contributed by atoms with van der Waals surface area (Å²) in [4.78, 5) is 21.5. The molecule has 0 spiro atoms. The minimum absolute atomic E-state index is 0.00714. The van der Waals surface area contributed by atoms with Crippen LogP contribution in [0.25, 0.3) is 0 Å². The Kier molecular flexibility index (Phi) is 2.83. The Morgan fingerprint density at radius 1 is 1.24 bits per heavy atom. The van der Waals surface area contributed by atoms with Crippen LogP contribution in [0.15, 0.2) is 24.3 Å². The molecule has 5 heteroatoms. The standard InChI is InChI=1S/C12H13NO4/c14-11(15)12(7-1-2-8-12)9-3-5-10(6-4-9)13(16)17/h3-6H,1-2,7-8H2,(H,14,15). The van der Waals surface area contributed by atoms with Crippen LogP contribution in [0.3, 0.4) is 0 Å². The van der Waals surface area contributed by atoms with E-state index in [2.05, 4.69) is 0 Å². The van der Waals surface area contributed by atoms with Crippen molar-refractivity contribution in [2.24, 2.45) is 0 Å². The van der Waals surface area contributed by atoms with Crippen LogP contribution in [-0.2, 0) is 10.2 Å². The first-order valence-electron chi connectivity index (χ1n) is 5.54. The molecule has 5 nitrogen and oxygen atoms in total. The zero-order valence-corrected chi connectivity index (χ0v) is 9.26. The van der Waals surface area contributed by atoms with Crippen molar-refractivity contribution in [2.75, 3.05) is 0 Å². The number of nitrogens with zero attached hydrogens (tertiary/aromatic N) is 1. The lowest BCUT2D eigenvalue weighted by molar-refractivity contribution is -0.384. The van der Waals surface area contributed by atoms with Gasteiger partial charge in [-0.1, -0.05) is 25.0 Å². The summed E-state index contributed by atoms with van der Waals surface area (Å²) in [6, 6.07) is 5.88. The first kappa shape index (κ1) is 11.6. The molecule has 1 aromatic rings. The van der Waals surface area contributed by atoms with Crippen molar-refractivity contribution in [2.45, 2.75) is 31.1 Å². The Hall–Kier alpha value is -1.91. The summed E-state index contributed by atoms with van der Waals surface area (Å²) >= 11 is 0. The van der Waals surface area contributed by atoms with Gasteiger partial charge in [-0.2, -0.15) is 0 Å². The summed E-state index contributed by atoms with van der Waals surface area (Å²) in [5.41, 5.74) is -0.171. The van der Waals surface area contributed by atoms with Gasteiger partial charge in [0.15, 0.2) is 0 Å². The SMILES string of the molecule is O=C(O)C1(c2ccc([N+](=O)[O-])cc2)CCCC1. The van der Waals surface area contributed by atoms with E-state index in [-0.39, 0.29) is 5.69 Å². The highest BCUT2D eigenvalue weighted by Gasteiger charge is 2.42. The number of nitro benzene ring substituents is 1. The van der Waals surface area contributed by atoms with Crippen molar-refractivity contribution >= 4 is 11.7 Å². The van der Waals surface area contributed by atoms with Crippen molar-refractivity contribution in [1.29, 1.82) is 0 Å². The summed E-state index contributed by atoms with van der Waals surface area (Å²) in [6.45, 7) is 0. The van der Waals surface area contributed by atoms with Crippen LogP contribution >= 0.6 is 0 Å². The highest BCUT2D eigenvalue weighted by molar-refractivity contribution is 5.81. The predicted molar refractivity (Wildman–Crippen MR) is 60.9 cm³/mol. The third kappa shape index (κ3) is 1.88. The van der Waals surface area contributed by atoms with E-state index >= 15 is 0 Å². The Bertz CT molecular complexity index is 446. The van der Waals surface area contributed by atoms with E-state index in [1.807, 2.05) is 0 Å². The average molecular weight is 235 g/mol. The number of non-ortho nitro benzene ring substituents is 1. The molecule has 0 amide bonds. The summed E-state index contributed by atoms with van der Waals surface area (Å²) in [7, 11) is 0. The molecule has 0 bridgehead atoms. The quantitative estimate of drug-likeness (QED) is 0.644. The topological polar surface area (TPSA) is 80.4 Å². The first-order chi connectivity index (χ1) is 8.06. The minimum atomic E-state index is -0.838. The number of hydrogen-bond donors (Lipinski definition) is 1. The molecule has 0 heterocycles. The summed E-state index contributed by atoms with van der Waals surface area (Å²) < 4.78 is 0. The fraction of sp³-hybridized carbons (Fsp3) is 0.417. The molecule has 90 valence electrons. The van der Waals surface area contributed by atoms with Crippen LogP contribution in [0, 0.1) is 10.1 Å². The van der Waals surface area contributed by atoms with Gasteiger partial charge in [-0.15, -0.1) is 0 Å². The number of aliphatic carboxylic acids is 1. The molecule has 1 aliphatic rings. The molecule has 1 aromatic carbocycles. The van der Waals surface area contributed by atoms with Crippen molar-refractivity contribution < 1.29 is 14.8 Å². The highest BCUT2D eigenvalue weighted by atomic mass is 16.6. The Labute approximate surface area is 98.2 Å². The number of nitro groups is 1. The fourth-order valence-corrected chi connectivity index (χ4v) is 2.51. The number of hydrogen-bond acceptors (Lipinski definition) is 3. The van der Waals surface area contributed by atoms with E-state index < -0.39 is 16.3 Å². The van der Waals surface area contributed by atoms with Gasteiger partial charge in [-0.3, -0.25) is 14.9 Å². The van der Waals surface area contributed by atoms with Crippen LogP contribution in [0.4, 0.5) is 5.69 Å². The van der Waals surface area contributed by atoms with Gasteiger partial charge in [0.2, 0.25) is 0 Å². The molecular weight excluding hydrogens is 222 g/mol. The lowest BCUT2D eigenvalue weighted by Crippen LogP contribution is -2.32. The number of carbonyl (C=O) groups is 1. The van der Waals surface area contributed by atoms with Gasteiger partial charge in [0, 0.05) is 12.1 Å². The van der Waals surface area contributed by atoms with Crippen molar-refractivity contribution in [3.8, 4) is 0 Å². The average Bonchev–Trinajstić information content (AvgIpc) is 2.79. The van der Waals surface area contributed by atoms with Crippen molar-refractivity contribution in [3.05, 3.63) is 39.9 Å². The van der Waals surface area contributed by atoms with Gasteiger partial charge in [0.1, 0.15) is 0 Å². The predicted octanol–water partition coefficient (Wildman–Crippen LogP) is 2.49. The minimum Gasteiger partial charge on any atom is -0.481 e. The van der Waals surface area contributed by atoms with Gasteiger partial charge in [-0.05, 0) is 18.4 Å². The molecule has 2 rings (SSSR count). The fourth-order valence-electron chi connectivity index (χ4n) is 2.51. The molecule has 0 aromatic heterocycles. The van der Waals surface area contributed by atoms with Crippen LogP contribution < -0.4 is 0 Å². The van der Waals surface area contributed by atoms with Crippen molar-refractivity contribution in [3.63, 3.8) is 0 Å². The monoisotopic (exact) mass is 235 g/mol. The third-order valence-electron chi connectivity index (χ3n) is 3.50. The molecule has 1 aliphatic carbocycles. The van der Waals surface area contributed by atoms with Crippen molar-refractivity contribution in [1.82, 2.24) is 0 Å². The maximum atomic E-state index is 11.4. The number of carboxylic acids is 1. The second-order valence-electron chi connectivity index (χ2n) is 4.40. The number of benzene rings is 1. The van der Waals surface area contributed by atoms with Gasteiger partial charge < -0.3 is 5.11 Å².